The van der Waals surface area contributed by atoms with E-state index in [2.05, 4.69) is 6.58 Å². The van der Waals surface area contributed by atoms with E-state index in [0.717, 1.165) is 19.3 Å². The first-order chi connectivity index (χ1) is 5.66. The van der Waals surface area contributed by atoms with Crippen LogP contribution in [0.1, 0.15) is 26.2 Å². The van der Waals surface area contributed by atoms with Crippen LogP contribution in [-0.2, 0) is 11.1 Å². The molecule has 0 aromatic rings. The van der Waals surface area contributed by atoms with E-state index in [1.165, 1.54) is 0 Å². The standard InChI is InChI=1S/C9H16O2S/c1-3-8-5-4-6-9(7(8)2)12(10)11/h3,7-9H,1,4-6H2,2H3,(H,10,11)/t7-,8-,9-/m1/s1. The molecular weight excluding hydrogens is 172 g/mol. The molecule has 2 nitrogen and oxygen atoms in total. The van der Waals surface area contributed by atoms with E-state index < -0.39 is 11.1 Å². The summed E-state index contributed by atoms with van der Waals surface area (Å²) in [6.45, 7) is 5.79. The smallest absolute Gasteiger partial charge is 0.156 e. The Morgan fingerprint density at radius 3 is 2.75 bits per heavy atom. The number of allylic oxidation sites excluding steroid dienone is 1. The number of hydrogen-bond acceptors (Lipinski definition) is 1. The molecule has 3 heteroatoms. The summed E-state index contributed by atoms with van der Waals surface area (Å²) < 4.78 is 19.9. The molecule has 1 rings (SSSR count). The van der Waals surface area contributed by atoms with Gasteiger partial charge in [0, 0.05) is 0 Å². The molecule has 0 amide bonds. The Hall–Kier alpha value is -0.150. The second-order valence-electron chi connectivity index (χ2n) is 3.50. The SMILES string of the molecule is C=C[C@@H]1CCC[C@@H](S(=O)O)[C@@H]1C. The molecule has 1 aliphatic rings. The van der Waals surface area contributed by atoms with Crippen LogP contribution in [0.3, 0.4) is 0 Å². The van der Waals surface area contributed by atoms with Crippen LogP contribution in [-0.4, -0.2) is 14.0 Å². The van der Waals surface area contributed by atoms with Gasteiger partial charge >= 0.3 is 0 Å². The van der Waals surface area contributed by atoms with Gasteiger partial charge in [-0.2, -0.15) is 0 Å². The highest BCUT2D eigenvalue weighted by Crippen LogP contribution is 2.33. The van der Waals surface area contributed by atoms with E-state index in [-0.39, 0.29) is 5.25 Å². The molecule has 4 atom stereocenters. The molecule has 0 heterocycles. The van der Waals surface area contributed by atoms with Crippen molar-refractivity contribution in [1.82, 2.24) is 0 Å². The Kier molecular flexibility index (Phi) is 3.47. The maximum absolute atomic E-state index is 10.9. The zero-order valence-electron chi connectivity index (χ0n) is 7.40. The molecule has 0 saturated heterocycles. The van der Waals surface area contributed by atoms with Gasteiger partial charge in [-0.25, -0.2) is 4.21 Å². The van der Waals surface area contributed by atoms with Gasteiger partial charge in [-0.3, -0.25) is 0 Å². The average molecular weight is 188 g/mol. The third-order valence-electron chi connectivity index (χ3n) is 2.85. The van der Waals surface area contributed by atoms with Crippen LogP contribution in [0.2, 0.25) is 0 Å². The largest absolute Gasteiger partial charge is 0.306 e. The Labute approximate surface area is 76.3 Å². The Morgan fingerprint density at radius 1 is 1.58 bits per heavy atom. The van der Waals surface area contributed by atoms with Crippen molar-refractivity contribution in [2.75, 3.05) is 0 Å². The summed E-state index contributed by atoms with van der Waals surface area (Å²) in [5, 5.41) is -0.0400. The zero-order valence-corrected chi connectivity index (χ0v) is 8.22. The molecule has 1 N–H and O–H groups in total. The minimum absolute atomic E-state index is 0.0400. The lowest BCUT2D eigenvalue weighted by Gasteiger charge is -2.31. The van der Waals surface area contributed by atoms with Crippen molar-refractivity contribution in [2.24, 2.45) is 11.8 Å². The van der Waals surface area contributed by atoms with Gasteiger partial charge in [-0.05, 0) is 24.7 Å². The third-order valence-corrected chi connectivity index (χ3v) is 4.03. The molecule has 0 spiro atoms. The minimum atomic E-state index is -1.65. The lowest BCUT2D eigenvalue weighted by molar-refractivity contribution is 0.305. The van der Waals surface area contributed by atoms with Crippen molar-refractivity contribution >= 4 is 11.1 Å². The minimum Gasteiger partial charge on any atom is -0.306 e. The first-order valence-electron chi connectivity index (χ1n) is 4.39. The topological polar surface area (TPSA) is 37.3 Å². The van der Waals surface area contributed by atoms with Crippen LogP contribution in [0.4, 0.5) is 0 Å². The van der Waals surface area contributed by atoms with Crippen molar-refractivity contribution in [2.45, 2.75) is 31.4 Å². The van der Waals surface area contributed by atoms with E-state index in [4.69, 9.17) is 4.55 Å². The molecule has 1 saturated carbocycles. The third kappa shape index (κ3) is 1.96. The fourth-order valence-corrected chi connectivity index (χ4v) is 2.91. The Balaban J connectivity index is 2.65. The monoisotopic (exact) mass is 188 g/mol. The summed E-state index contributed by atoms with van der Waals surface area (Å²) >= 11 is -1.65. The summed E-state index contributed by atoms with van der Waals surface area (Å²) in [5.41, 5.74) is 0. The molecule has 0 bridgehead atoms. The summed E-state index contributed by atoms with van der Waals surface area (Å²) in [7, 11) is 0. The number of rotatable bonds is 2. The van der Waals surface area contributed by atoms with E-state index in [1.54, 1.807) is 0 Å². The molecule has 12 heavy (non-hydrogen) atoms. The van der Waals surface area contributed by atoms with Gasteiger partial charge in [0.25, 0.3) is 0 Å². The fourth-order valence-electron chi connectivity index (χ4n) is 1.97. The molecule has 1 aliphatic carbocycles. The first kappa shape index (κ1) is 9.93. The van der Waals surface area contributed by atoms with Crippen LogP contribution >= 0.6 is 0 Å². The summed E-state index contributed by atoms with van der Waals surface area (Å²) in [4.78, 5) is 0. The van der Waals surface area contributed by atoms with Crippen molar-refractivity contribution in [3.05, 3.63) is 12.7 Å². The predicted octanol–water partition coefficient (Wildman–Crippen LogP) is 2.20. The lowest BCUT2D eigenvalue weighted by Crippen LogP contribution is -2.32. The van der Waals surface area contributed by atoms with Crippen molar-refractivity contribution in [3.63, 3.8) is 0 Å². The van der Waals surface area contributed by atoms with Crippen LogP contribution in [0, 0.1) is 11.8 Å². The quantitative estimate of drug-likeness (QED) is 0.533. The van der Waals surface area contributed by atoms with Gasteiger partial charge in [0.2, 0.25) is 0 Å². The number of hydrogen-bond donors (Lipinski definition) is 1. The van der Waals surface area contributed by atoms with Crippen molar-refractivity contribution in [3.8, 4) is 0 Å². The van der Waals surface area contributed by atoms with Gasteiger partial charge in [0.05, 0.1) is 5.25 Å². The first-order valence-corrected chi connectivity index (χ1v) is 5.56. The van der Waals surface area contributed by atoms with Crippen LogP contribution < -0.4 is 0 Å². The van der Waals surface area contributed by atoms with E-state index in [0.29, 0.717) is 11.8 Å². The van der Waals surface area contributed by atoms with Gasteiger partial charge in [-0.1, -0.05) is 19.4 Å². The molecular formula is C9H16O2S. The van der Waals surface area contributed by atoms with Gasteiger partial charge in [0.15, 0.2) is 11.1 Å². The highest BCUT2D eigenvalue weighted by Gasteiger charge is 2.31. The van der Waals surface area contributed by atoms with Gasteiger partial charge in [0.1, 0.15) is 0 Å². The molecule has 0 radical (unpaired) electrons. The molecule has 0 aromatic carbocycles. The van der Waals surface area contributed by atoms with Crippen molar-refractivity contribution in [1.29, 1.82) is 0 Å². The van der Waals surface area contributed by atoms with Crippen LogP contribution in [0.5, 0.6) is 0 Å². The summed E-state index contributed by atoms with van der Waals surface area (Å²) in [6, 6.07) is 0. The highest BCUT2D eigenvalue weighted by atomic mass is 32.2. The second kappa shape index (κ2) is 4.19. The predicted molar refractivity (Wildman–Crippen MR) is 51.3 cm³/mol. The Bertz CT molecular complexity index is 191. The van der Waals surface area contributed by atoms with Crippen LogP contribution in [0.25, 0.3) is 0 Å². The van der Waals surface area contributed by atoms with E-state index in [9.17, 15) is 4.21 Å². The van der Waals surface area contributed by atoms with E-state index in [1.807, 2.05) is 13.0 Å². The zero-order chi connectivity index (χ0) is 9.14. The fraction of sp³-hybridized carbons (Fsp3) is 0.778. The Morgan fingerprint density at radius 2 is 2.25 bits per heavy atom. The van der Waals surface area contributed by atoms with Crippen LogP contribution in [0.15, 0.2) is 12.7 Å². The maximum atomic E-state index is 10.9. The highest BCUT2D eigenvalue weighted by molar-refractivity contribution is 7.79. The normalized spacial score (nSPS) is 39.0. The van der Waals surface area contributed by atoms with Crippen molar-refractivity contribution < 1.29 is 8.76 Å². The molecule has 1 unspecified atom stereocenters. The van der Waals surface area contributed by atoms with E-state index >= 15 is 0 Å². The molecule has 0 aliphatic heterocycles. The molecule has 0 aromatic heterocycles. The maximum Gasteiger partial charge on any atom is 0.156 e. The van der Waals surface area contributed by atoms with Gasteiger partial charge < -0.3 is 4.55 Å². The molecule has 1 fully saturated rings. The van der Waals surface area contributed by atoms with Gasteiger partial charge in [-0.15, -0.1) is 6.58 Å². The second-order valence-corrected chi connectivity index (χ2v) is 4.66. The lowest BCUT2D eigenvalue weighted by atomic mass is 9.80. The summed E-state index contributed by atoms with van der Waals surface area (Å²) in [5.74, 6) is 0.738. The molecule has 70 valence electrons. The average Bonchev–Trinajstić information content (AvgIpc) is 2.04. The summed E-state index contributed by atoms with van der Waals surface area (Å²) in [6.07, 6.45) is 4.98.